The van der Waals surface area contributed by atoms with Crippen molar-refractivity contribution in [3.8, 4) is 5.75 Å². The number of para-hydroxylation sites is 1. The van der Waals surface area contributed by atoms with Crippen molar-refractivity contribution in [1.82, 2.24) is 15.1 Å². The molecule has 0 aromatic heterocycles. The smallest absolute Gasteiger partial charge is 0.257 e. The van der Waals surface area contributed by atoms with Crippen molar-refractivity contribution < 1.29 is 14.3 Å². The summed E-state index contributed by atoms with van der Waals surface area (Å²) in [6.45, 7) is 5.27. The molecule has 6 heteroatoms. The van der Waals surface area contributed by atoms with E-state index in [1.807, 2.05) is 35.2 Å². The Morgan fingerprint density at radius 1 is 1.03 bits per heavy atom. The number of ether oxygens (including phenoxy) is 1. The van der Waals surface area contributed by atoms with Gasteiger partial charge in [0.05, 0.1) is 18.7 Å². The number of methoxy groups -OCH3 is 1. The summed E-state index contributed by atoms with van der Waals surface area (Å²) < 4.78 is 5.38. The first-order chi connectivity index (χ1) is 16.1. The van der Waals surface area contributed by atoms with Crippen molar-refractivity contribution in [3.05, 3.63) is 65.2 Å². The van der Waals surface area contributed by atoms with Crippen molar-refractivity contribution in [2.45, 2.75) is 45.2 Å². The quantitative estimate of drug-likeness (QED) is 0.701. The Hall–Kier alpha value is -2.86. The maximum absolute atomic E-state index is 13.4. The van der Waals surface area contributed by atoms with Crippen LogP contribution < -0.4 is 10.1 Å². The first kappa shape index (κ1) is 23.3. The third-order valence-electron chi connectivity index (χ3n) is 7.00. The molecule has 1 saturated carbocycles. The van der Waals surface area contributed by atoms with Gasteiger partial charge in [-0.3, -0.25) is 14.5 Å². The van der Waals surface area contributed by atoms with Gasteiger partial charge in [0.15, 0.2) is 0 Å². The van der Waals surface area contributed by atoms with E-state index >= 15 is 0 Å². The molecular formula is C27H35N3O3. The highest BCUT2D eigenvalue weighted by molar-refractivity contribution is 5.97. The van der Waals surface area contributed by atoms with Crippen molar-refractivity contribution in [1.29, 1.82) is 0 Å². The van der Waals surface area contributed by atoms with Crippen molar-refractivity contribution in [2.24, 2.45) is 5.92 Å². The summed E-state index contributed by atoms with van der Waals surface area (Å²) in [7, 11) is 1.59. The number of aryl methyl sites for hydroxylation is 1. The molecule has 33 heavy (non-hydrogen) atoms. The SMILES string of the molecule is COc1ccccc1C(=O)N1CCN([C@@H](C(=O)NCc2cccc(C)c2)C2CCCC2)CC1. The molecule has 2 fully saturated rings. The Bertz CT molecular complexity index is 963. The molecule has 0 bridgehead atoms. The van der Waals surface area contributed by atoms with Crippen molar-refractivity contribution >= 4 is 11.8 Å². The number of nitrogens with zero attached hydrogens (tertiary/aromatic N) is 2. The lowest BCUT2D eigenvalue weighted by Gasteiger charge is -2.40. The van der Waals surface area contributed by atoms with E-state index in [0.717, 1.165) is 18.4 Å². The second kappa shape index (κ2) is 10.8. The lowest BCUT2D eigenvalue weighted by molar-refractivity contribution is -0.129. The molecule has 6 nitrogen and oxygen atoms in total. The van der Waals surface area contributed by atoms with E-state index in [2.05, 4.69) is 35.3 Å². The van der Waals surface area contributed by atoms with Crippen LogP contribution in [-0.4, -0.2) is 60.9 Å². The fraction of sp³-hybridized carbons (Fsp3) is 0.481. The van der Waals surface area contributed by atoms with E-state index in [-0.39, 0.29) is 17.9 Å². The Morgan fingerprint density at radius 2 is 1.76 bits per heavy atom. The summed E-state index contributed by atoms with van der Waals surface area (Å²) in [5.41, 5.74) is 2.92. The van der Waals surface area contributed by atoms with Gasteiger partial charge in [-0.05, 0) is 43.4 Å². The third kappa shape index (κ3) is 5.56. The molecular weight excluding hydrogens is 414 g/mol. The molecule has 4 rings (SSSR count). The minimum Gasteiger partial charge on any atom is -0.496 e. The predicted octanol–water partition coefficient (Wildman–Crippen LogP) is 3.64. The van der Waals surface area contributed by atoms with Gasteiger partial charge in [0, 0.05) is 32.7 Å². The highest BCUT2D eigenvalue weighted by atomic mass is 16.5. The van der Waals surface area contributed by atoms with Gasteiger partial charge in [0.25, 0.3) is 5.91 Å². The van der Waals surface area contributed by atoms with E-state index in [1.54, 1.807) is 7.11 Å². The standard InChI is InChI=1S/C27H35N3O3/c1-20-8-7-9-21(18-20)19-28-26(31)25(22-10-3-4-11-22)29-14-16-30(17-15-29)27(32)23-12-5-6-13-24(23)33-2/h5-9,12-13,18,22,25H,3-4,10-11,14-17,19H2,1-2H3,(H,28,31)/t25-/m1/s1. The molecule has 1 heterocycles. The average molecular weight is 450 g/mol. The maximum atomic E-state index is 13.4. The Morgan fingerprint density at radius 3 is 2.45 bits per heavy atom. The minimum absolute atomic E-state index is 0.00610. The summed E-state index contributed by atoms with van der Waals surface area (Å²) in [6.07, 6.45) is 4.59. The number of hydrogen-bond acceptors (Lipinski definition) is 4. The molecule has 0 spiro atoms. The number of nitrogens with one attached hydrogen (secondary N) is 1. The zero-order valence-electron chi connectivity index (χ0n) is 19.8. The lowest BCUT2D eigenvalue weighted by Crippen LogP contribution is -2.57. The van der Waals surface area contributed by atoms with Gasteiger partial charge in [-0.1, -0.05) is 54.8 Å². The van der Waals surface area contributed by atoms with Crippen LogP contribution in [0.15, 0.2) is 48.5 Å². The summed E-state index contributed by atoms with van der Waals surface area (Å²) in [4.78, 5) is 30.6. The molecule has 1 N–H and O–H groups in total. The molecule has 2 aliphatic rings. The Kier molecular flexibility index (Phi) is 7.65. The summed E-state index contributed by atoms with van der Waals surface area (Å²) in [6, 6.07) is 15.5. The molecule has 2 aromatic rings. The number of amides is 2. The van der Waals surface area contributed by atoms with E-state index in [1.165, 1.54) is 18.4 Å². The number of piperazine rings is 1. The summed E-state index contributed by atoms with van der Waals surface area (Å²) in [5, 5.41) is 3.20. The molecule has 2 aromatic carbocycles. The highest BCUT2D eigenvalue weighted by Crippen LogP contribution is 2.31. The van der Waals surface area contributed by atoms with Crippen LogP contribution in [0, 0.1) is 12.8 Å². The second-order valence-corrected chi connectivity index (χ2v) is 9.22. The second-order valence-electron chi connectivity index (χ2n) is 9.22. The monoisotopic (exact) mass is 449 g/mol. The molecule has 176 valence electrons. The summed E-state index contributed by atoms with van der Waals surface area (Å²) >= 11 is 0. The molecule has 1 saturated heterocycles. The van der Waals surface area contributed by atoms with Gasteiger partial charge in [0.1, 0.15) is 5.75 Å². The van der Waals surface area contributed by atoms with Crippen molar-refractivity contribution in [3.63, 3.8) is 0 Å². The van der Waals surface area contributed by atoms with E-state index in [9.17, 15) is 9.59 Å². The van der Waals surface area contributed by atoms with Crippen LogP contribution in [0.5, 0.6) is 5.75 Å². The summed E-state index contributed by atoms with van der Waals surface area (Å²) in [5.74, 6) is 1.10. The molecule has 1 aliphatic carbocycles. The molecule has 1 atom stereocenters. The zero-order chi connectivity index (χ0) is 23.2. The highest BCUT2D eigenvalue weighted by Gasteiger charge is 2.37. The van der Waals surface area contributed by atoms with Gasteiger partial charge in [-0.2, -0.15) is 0 Å². The largest absolute Gasteiger partial charge is 0.496 e. The first-order valence-electron chi connectivity index (χ1n) is 12.1. The number of rotatable bonds is 7. The number of benzene rings is 2. The van der Waals surface area contributed by atoms with Crippen LogP contribution in [0.25, 0.3) is 0 Å². The molecule has 0 radical (unpaired) electrons. The topological polar surface area (TPSA) is 61.9 Å². The van der Waals surface area contributed by atoms with Crippen LogP contribution in [0.4, 0.5) is 0 Å². The fourth-order valence-electron chi connectivity index (χ4n) is 5.26. The fourth-order valence-corrected chi connectivity index (χ4v) is 5.26. The van der Waals surface area contributed by atoms with Gasteiger partial charge in [0.2, 0.25) is 5.91 Å². The van der Waals surface area contributed by atoms with E-state index in [4.69, 9.17) is 4.74 Å². The predicted molar refractivity (Wildman–Crippen MR) is 129 cm³/mol. The van der Waals surface area contributed by atoms with Crippen LogP contribution in [0.2, 0.25) is 0 Å². The van der Waals surface area contributed by atoms with Gasteiger partial charge in [-0.15, -0.1) is 0 Å². The van der Waals surface area contributed by atoms with Crippen molar-refractivity contribution in [2.75, 3.05) is 33.3 Å². The number of carbonyl (C=O) groups excluding carboxylic acids is 2. The molecule has 2 amide bonds. The van der Waals surface area contributed by atoms with Crippen LogP contribution in [-0.2, 0) is 11.3 Å². The zero-order valence-corrected chi connectivity index (χ0v) is 19.8. The Balaban J connectivity index is 1.40. The maximum Gasteiger partial charge on any atom is 0.257 e. The van der Waals surface area contributed by atoms with Crippen LogP contribution >= 0.6 is 0 Å². The molecule has 0 unspecified atom stereocenters. The molecule has 1 aliphatic heterocycles. The van der Waals surface area contributed by atoms with Crippen LogP contribution in [0.1, 0.15) is 47.2 Å². The van der Waals surface area contributed by atoms with Crippen LogP contribution in [0.3, 0.4) is 0 Å². The minimum atomic E-state index is -0.124. The Labute approximate surface area is 196 Å². The van der Waals surface area contributed by atoms with E-state index in [0.29, 0.717) is 50.0 Å². The third-order valence-corrected chi connectivity index (χ3v) is 7.00. The van der Waals surface area contributed by atoms with Gasteiger partial charge >= 0.3 is 0 Å². The average Bonchev–Trinajstić information content (AvgIpc) is 3.37. The normalized spacial score (nSPS) is 18.2. The number of hydrogen-bond donors (Lipinski definition) is 1. The van der Waals surface area contributed by atoms with Gasteiger partial charge in [-0.25, -0.2) is 0 Å². The van der Waals surface area contributed by atoms with Gasteiger partial charge < -0.3 is 15.0 Å². The first-order valence-corrected chi connectivity index (χ1v) is 12.1. The lowest BCUT2D eigenvalue weighted by atomic mass is 9.94. The van der Waals surface area contributed by atoms with E-state index < -0.39 is 0 Å². The number of carbonyl (C=O) groups is 2.